The zero-order valence-corrected chi connectivity index (χ0v) is 11.7. The molecule has 3 aliphatic rings. The Hall–Kier alpha value is -0.120. The van der Waals surface area contributed by atoms with Crippen molar-refractivity contribution in [2.75, 3.05) is 20.2 Å². The van der Waals surface area contributed by atoms with Gasteiger partial charge in [0.2, 0.25) is 0 Å². The monoisotopic (exact) mass is 252 g/mol. The van der Waals surface area contributed by atoms with Gasteiger partial charge in [-0.3, -0.25) is 0 Å². The second-order valence-electron chi connectivity index (χ2n) is 6.99. The van der Waals surface area contributed by atoms with E-state index >= 15 is 0 Å². The molecule has 3 aliphatic carbocycles. The van der Waals surface area contributed by atoms with Crippen LogP contribution in [0, 0.1) is 5.92 Å². The van der Waals surface area contributed by atoms with Crippen molar-refractivity contribution < 1.29 is 5.11 Å². The van der Waals surface area contributed by atoms with E-state index in [1.54, 1.807) is 0 Å². The minimum Gasteiger partial charge on any atom is -0.394 e. The summed E-state index contributed by atoms with van der Waals surface area (Å²) in [4.78, 5) is 2.57. The lowest BCUT2D eigenvalue weighted by Crippen LogP contribution is -2.56. The first-order valence-electron chi connectivity index (χ1n) is 7.79. The number of hydrogen-bond donors (Lipinski definition) is 2. The van der Waals surface area contributed by atoms with Crippen molar-refractivity contribution in [3.63, 3.8) is 0 Å². The topological polar surface area (TPSA) is 35.5 Å². The Kier molecular flexibility index (Phi) is 3.65. The first-order chi connectivity index (χ1) is 8.71. The molecule has 0 bridgehead atoms. The maximum absolute atomic E-state index is 9.83. The molecule has 0 aromatic carbocycles. The fourth-order valence-corrected chi connectivity index (χ4v) is 3.55. The molecule has 0 radical (unpaired) electrons. The largest absolute Gasteiger partial charge is 0.394 e. The van der Waals surface area contributed by atoms with Crippen LogP contribution in [0.2, 0.25) is 0 Å². The van der Waals surface area contributed by atoms with Gasteiger partial charge in [0.15, 0.2) is 0 Å². The van der Waals surface area contributed by atoms with Gasteiger partial charge in [-0.25, -0.2) is 0 Å². The molecule has 3 rings (SSSR count). The number of rotatable bonds is 6. The zero-order valence-electron chi connectivity index (χ0n) is 11.7. The van der Waals surface area contributed by atoms with E-state index in [2.05, 4.69) is 17.3 Å². The first kappa shape index (κ1) is 12.9. The Labute approximate surface area is 111 Å². The lowest BCUT2D eigenvalue weighted by molar-refractivity contribution is 0.0666. The van der Waals surface area contributed by atoms with Crippen LogP contribution in [-0.2, 0) is 0 Å². The molecule has 3 nitrogen and oxygen atoms in total. The second kappa shape index (κ2) is 5.10. The maximum atomic E-state index is 9.83. The molecule has 2 atom stereocenters. The van der Waals surface area contributed by atoms with Crippen LogP contribution in [0.5, 0.6) is 0 Å². The Bertz CT molecular complexity index is 288. The molecule has 0 spiro atoms. The Morgan fingerprint density at radius 3 is 2.61 bits per heavy atom. The van der Waals surface area contributed by atoms with Crippen molar-refractivity contribution in [2.45, 2.75) is 69.0 Å². The van der Waals surface area contributed by atoms with E-state index in [0.29, 0.717) is 18.7 Å². The van der Waals surface area contributed by atoms with Crippen LogP contribution in [0.4, 0.5) is 0 Å². The molecule has 18 heavy (non-hydrogen) atoms. The number of nitrogens with one attached hydrogen (secondary N) is 1. The zero-order chi connectivity index (χ0) is 12.6. The SMILES string of the molecule is CN(CC1CC1)C1CCCC(CO)(NC2CC2)C1. The quantitative estimate of drug-likeness (QED) is 0.756. The number of hydrogen-bond acceptors (Lipinski definition) is 3. The summed E-state index contributed by atoms with van der Waals surface area (Å²) in [5.41, 5.74) is 0.0297. The Morgan fingerprint density at radius 2 is 2.00 bits per heavy atom. The van der Waals surface area contributed by atoms with Crippen LogP contribution >= 0.6 is 0 Å². The predicted octanol–water partition coefficient (Wildman–Crippen LogP) is 1.75. The van der Waals surface area contributed by atoms with Crippen LogP contribution in [-0.4, -0.2) is 47.8 Å². The summed E-state index contributed by atoms with van der Waals surface area (Å²) in [5.74, 6) is 0.969. The molecule has 0 aromatic heterocycles. The predicted molar refractivity (Wildman–Crippen MR) is 73.6 cm³/mol. The third-order valence-corrected chi connectivity index (χ3v) is 5.08. The van der Waals surface area contributed by atoms with Gasteiger partial charge in [-0.15, -0.1) is 0 Å². The average Bonchev–Trinajstić information content (AvgIpc) is 3.26. The number of aliphatic hydroxyl groups is 1. The highest BCUT2D eigenvalue weighted by atomic mass is 16.3. The summed E-state index contributed by atoms with van der Waals surface area (Å²) >= 11 is 0. The van der Waals surface area contributed by atoms with Gasteiger partial charge in [0, 0.05) is 24.2 Å². The fraction of sp³-hybridized carbons (Fsp3) is 1.00. The molecular weight excluding hydrogens is 224 g/mol. The Balaban J connectivity index is 1.57. The van der Waals surface area contributed by atoms with Gasteiger partial charge < -0.3 is 15.3 Å². The van der Waals surface area contributed by atoms with Crippen LogP contribution in [0.1, 0.15) is 51.4 Å². The van der Waals surface area contributed by atoms with Crippen LogP contribution < -0.4 is 5.32 Å². The van der Waals surface area contributed by atoms with E-state index in [1.165, 1.54) is 45.1 Å². The summed E-state index contributed by atoms with van der Waals surface area (Å²) in [6.07, 6.45) is 10.4. The standard InChI is InChI=1S/C15H28N2O/c1-17(10-12-4-5-12)14-3-2-8-15(9-14,11-18)16-13-6-7-13/h12-14,16,18H,2-11H2,1H3. The number of aliphatic hydroxyl groups excluding tert-OH is 1. The third kappa shape index (κ3) is 3.06. The Morgan fingerprint density at radius 1 is 1.22 bits per heavy atom. The van der Waals surface area contributed by atoms with Gasteiger partial charge in [0.1, 0.15) is 0 Å². The van der Waals surface area contributed by atoms with Gasteiger partial charge >= 0.3 is 0 Å². The lowest BCUT2D eigenvalue weighted by atomic mass is 9.78. The molecule has 0 amide bonds. The first-order valence-corrected chi connectivity index (χ1v) is 7.79. The van der Waals surface area contributed by atoms with Crippen LogP contribution in [0.3, 0.4) is 0 Å². The molecule has 104 valence electrons. The maximum Gasteiger partial charge on any atom is 0.0613 e. The van der Waals surface area contributed by atoms with Crippen LogP contribution in [0.15, 0.2) is 0 Å². The molecule has 0 heterocycles. The van der Waals surface area contributed by atoms with Crippen molar-refractivity contribution in [1.82, 2.24) is 10.2 Å². The highest BCUT2D eigenvalue weighted by Crippen LogP contribution is 2.36. The molecule has 2 N–H and O–H groups in total. The van der Waals surface area contributed by atoms with Gasteiger partial charge in [0.05, 0.1) is 6.61 Å². The summed E-state index contributed by atoms with van der Waals surface area (Å²) in [6, 6.07) is 1.38. The average molecular weight is 252 g/mol. The van der Waals surface area contributed by atoms with Crippen molar-refractivity contribution >= 4 is 0 Å². The molecule has 0 aromatic rings. The molecule has 0 saturated heterocycles. The van der Waals surface area contributed by atoms with E-state index in [9.17, 15) is 5.11 Å². The molecule has 3 heteroatoms. The van der Waals surface area contributed by atoms with Crippen LogP contribution in [0.25, 0.3) is 0 Å². The fourth-order valence-electron chi connectivity index (χ4n) is 3.55. The van der Waals surface area contributed by atoms with Gasteiger partial charge in [-0.05, 0) is 64.3 Å². The van der Waals surface area contributed by atoms with Crippen molar-refractivity contribution in [2.24, 2.45) is 5.92 Å². The van der Waals surface area contributed by atoms with Crippen molar-refractivity contribution in [3.8, 4) is 0 Å². The van der Waals surface area contributed by atoms with E-state index < -0.39 is 0 Å². The molecule has 3 fully saturated rings. The normalized spacial score (nSPS) is 37.2. The minimum absolute atomic E-state index is 0.0297. The minimum atomic E-state index is 0.0297. The molecule has 0 aliphatic heterocycles. The highest BCUT2D eigenvalue weighted by molar-refractivity contribution is 5.00. The van der Waals surface area contributed by atoms with E-state index in [4.69, 9.17) is 0 Å². The highest BCUT2D eigenvalue weighted by Gasteiger charge is 2.41. The van der Waals surface area contributed by atoms with E-state index in [-0.39, 0.29) is 5.54 Å². The smallest absolute Gasteiger partial charge is 0.0613 e. The van der Waals surface area contributed by atoms with E-state index in [0.717, 1.165) is 18.8 Å². The summed E-state index contributed by atoms with van der Waals surface area (Å²) in [5, 5.41) is 13.6. The molecule has 2 unspecified atom stereocenters. The van der Waals surface area contributed by atoms with Gasteiger partial charge in [0.25, 0.3) is 0 Å². The lowest BCUT2D eigenvalue weighted by Gasteiger charge is -2.44. The summed E-state index contributed by atoms with van der Waals surface area (Å²) in [7, 11) is 2.29. The molecular formula is C15H28N2O. The van der Waals surface area contributed by atoms with Gasteiger partial charge in [-0.1, -0.05) is 0 Å². The molecule has 3 saturated carbocycles. The van der Waals surface area contributed by atoms with E-state index in [1.807, 2.05) is 0 Å². The second-order valence-corrected chi connectivity index (χ2v) is 6.99. The third-order valence-electron chi connectivity index (χ3n) is 5.08. The van der Waals surface area contributed by atoms with Crippen molar-refractivity contribution in [1.29, 1.82) is 0 Å². The summed E-state index contributed by atoms with van der Waals surface area (Å²) < 4.78 is 0. The summed E-state index contributed by atoms with van der Waals surface area (Å²) in [6.45, 7) is 1.59. The number of nitrogens with zero attached hydrogens (tertiary/aromatic N) is 1. The van der Waals surface area contributed by atoms with Gasteiger partial charge in [-0.2, -0.15) is 0 Å². The van der Waals surface area contributed by atoms with Crippen molar-refractivity contribution in [3.05, 3.63) is 0 Å².